The molecular formula is C20H15F3N6. The molecule has 3 heterocycles. The van der Waals surface area contributed by atoms with E-state index in [-0.39, 0.29) is 11.3 Å². The number of anilines is 2. The highest BCUT2D eigenvalue weighted by atomic mass is 19.4. The van der Waals surface area contributed by atoms with E-state index in [1.54, 1.807) is 0 Å². The number of pyridine rings is 1. The van der Waals surface area contributed by atoms with E-state index < -0.39 is 11.7 Å². The highest BCUT2D eigenvalue weighted by Crippen LogP contribution is 2.35. The molecule has 6 nitrogen and oxygen atoms in total. The van der Waals surface area contributed by atoms with E-state index in [2.05, 4.69) is 37.7 Å². The van der Waals surface area contributed by atoms with E-state index in [4.69, 9.17) is 0 Å². The second-order valence-corrected chi connectivity index (χ2v) is 6.90. The first-order valence-corrected chi connectivity index (χ1v) is 9.12. The molecule has 0 aliphatic heterocycles. The molecule has 4 aromatic rings. The van der Waals surface area contributed by atoms with Crippen LogP contribution in [-0.2, 0) is 19.0 Å². The molecule has 0 radical (unpaired) electrons. The normalized spacial score (nSPS) is 13.6. The van der Waals surface area contributed by atoms with E-state index in [0.29, 0.717) is 11.6 Å². The van der Waals surface area contributed by atoms with Gasteiger partial charge < -0.3 is 5.32 Å². The van der Waals surface area contributed by atoms with Gasteiger partial charge in [-0.05, 0) is 60.7 Å². The summed E-state index contributed by atoms with van der Waals surface area (Å²) in [6.45, 7) is 0. The molecule has 3 aromatic heterocycles. The van der Waals surface area contributed by atoms with E-state index in [0.717, 1.165) is 31.0 Å². The van der Waals surface area contributed by atoms with Crippen LogP contribution < -0.4 is 5.32 Å². The van der Waals surface area contributed by atoms with Crippen molar-refractivity contribution in [3.63, 3.8) is 0 Å². The number of aryl methyl sites for hydroxylation is 2. The summed E-state index contributed by atoms with van der Waals surface area (Å²) in [5.41, 5.74) is 3.09. The molecule has 1 aliphatic carbocycles. The molecule has 0 bridgehead atoms. The van der Waals surface area contributed by atoms with Gasteiger partial charge in [0.25, 0.3) is 0 Å². The highest BCUT2D eigenvalue weighted by Gasteiger charge is 2.34. The minimum absolute atomic E-state index is 0.189. The molecule has 0 amide bonds. The Morgan fingerprint density at radius 3 is 2.72 bits per heavy atom. The van der Waals surface area contributed by atoms with E-state index in [1.165, 1.54) is 40.2 Å². The summed E-state index contributed by atoms with van der Waals surface area (Å²) in [7, 11) is 0. The first kappa shape index (κ1) is 17.6. The molecule has 0 unspecified atom stereocenters. The smallest absolute Gasteiger partial charge is 0.323 e. The number of nitrogens with one attached hydrogen (secondary N) is 1. The fourth-order valence-corrected chi connectivity index (χ4v) is 3.64. The van der Waals surface area contributed by atoms with Gasteiger partial charge in [-0.2, -0.15) is 22.8 Å². The number of nitrogens with zero attached hydrogens (tertiary/aromatic N) is 5. The van der Waals surface area contributed by atoms with Gasteiger partial charge in [-0.15, -0.1) is 10.2 Å². The second kappa shape index (κ2) is 6.54. The zero-order valence-electron chi connectivity index (χ0n) is 15.1. The van der Waals surface area contributed by atoms with Crippen LogP contribution in [-0.4, -0.2) is 24.8 Å². The van der Waals surface area contributed by atoms with Gasteiger partial charge in [0.05, 0.1) is 17.5 Å². The molecule has 1 aliphatic rings. The number of benzene rings is 1. The maximum Gasteiger partial charge on any atom is 0.418 e. The maximum atomic E-state index is 13.3. The molecule has 0 spiro atoms. The van der Waals surface area contributed by atoms with Crippen LogP contribution in [0.15, 0.2) is 48.8 Å². The van der Waals surface area contributed by atoms with Crippen LogP contribution in [0.1, 0.15) is 23.1 Å². The predicted molar refractivity (Wildman–Crippen MR) is 101 cm³/mol. The van der Waals surface area contributed by atoms with Gasteiger partial charge in [-0.1, -0.05) is 6.07 Å². The van der Waals surface area contributed by atoms with Crippen molar-refractivity contribution in [2.45, 2.75) is 25.4 Å². The highest BCUT2D eigenvalue weighted by molar-refractivity contribution is 5.67. The Morgan fingerprint density at radius 1 is 1.00 bits per heavy atom. The number of rotatable bonds is 3. The van der Waals surface area contributed by atoms with Gasteiger partial charge in [0, 0.05) is 17.4 Å². The summed E-state index contributed by atoms with van der Waals surface area (Å²) in [5.74, 6) is 0.390. The first-order valence-electron chi connectivity index (χ1n) is 9.12. The number of fused-ring (bicyclic) bond motifs is 2. The van der Waals surface area contributed by atoms with Crippen molar-refractivity contribution in [2.24, 2.45) is 0 Å². The van der Waals surface area contributed by atoms with Crippen molar-refractivity contribution >= 4 is 17.3 Å². The monoisotopic (exact) mass is 396 g/mol. The first-order chi connectivity index (χ1) is 14.0. The fourth-order valence-electron chi connectivity index (χ4n) is 3.64. The van der Waals surface area contributed by atoms with Gasteiger partial charge in [0.1, 0.15) is 0 Å². The van der Waals surface area contributed by atoms with Crippen LogP contribution in [0.25, 0.3) is 16.9 Å². The third-order valence-electron chi connectivity index (χ3n) is 5.00. The molecule has 0 fully saturated rings. The Hall–Kier alpha value is -3.49. The SMILES string of the molecule is FC(F)(F)c1cccnc1-c1cnn2c(Nc3ccc4c(c3)CCC4)nnc2c1. The number of hydrogen-bond acceptors (Lipinski definition) is 5. The van der Waals surface area contributed by atoms with Crippen LogP contribution in [0.5, 0.6) is 0 Å². The van der Waals surface area contributed by atoms with Gasteiger partial charge in [0.15, 0.2) is 5.65 Å². The van der Waals surface area contributed by atoms with Crippen LogP contribution >= 0.6 is 0 Å². The van der Waals surface area contributed by atoms with Crippen LogP contribution in [0, 0.1) is 0 Å². The van der Waals surface area contributed by atoms with Gasteiger partial charge in [-0.25, -0.2) is 0 Å². The third kappa shape index (κ3) is 3.18. The van der Waals surface area contributed by atoms with Gasteiger partial charge in [-0.3, -0.25) is 4.98 Å². The zero-order valence-corrected chi connectivity index (χ0v) is 15.1. The van der Waals surface area contributed by atoms with Crippen molar-refractivity contribution in [1.82, 2.24) is 24.8 Å². The maximum absolute atomic E-state index is 13.3. The third-order valence-corrected chi connectivity index (χ3v) is 5.00. The molecule has 1 aromatic carbocycles. The van der Waals surface area contributed by atoms with Crippen LogP contribution in [0.3, 0.4) is 0 Å². The lowest BCUT2D eigenvalue weighted by molar-refractivity contribution is -0.137. The van der Waals surface area contributed by atoms with Crippen molar-refractivity contribution in [3.8, 4) is 11.3 Å². The Balaban J connectivity index is 1.50. The van der Waals surface area contributed by atoms with Crippen molar-refractivity contribution in [1.29, 1.82) is 0 Å². The molecule has 29 heavy (non-hydrogen) atoms. The van der Waals surface area contributed by atoms with Gasteiger partial charge in [0.2, 0.25) is 5.95 Å². The Bertz CT molecular complexity index is 1210. The van der Waals surface area contributed by atoms with Gasteiger partial charge >= 0.3 is 6.18 Å². The lowest BCUT2D eigenvalue weighted by atomic mass is 10.1. The van der Waals surface area contributed by atoms with Crippen molar-refractivity contribution < 1.29 is 13.2 Å². The minimum Gasteiger partial charge on any atom is -0.323 e. The average molecular weight is 396 g/mol. The zero-order chi connectivity index (χ0) is 20.0. The molecule has 0 atom stereocenters. The van der Waals surface area contributed by atoms with Crippen molar-refractivity contribution in [3.05, 3.63) is 65.5 Å². The Kier molecular flexibility index (Phi) is 3.97. The second-order valence-electron chi connectivity index (χ2n) is 6.90. The minimum atomic E-state index is -4.51. The van der Waals surface area contributed by atoms with Crippen molar-refractivity contribution in [2.75, 3.05) is 5.32 Å². The van der Waals surface area contributed by atoms with E-state index in [9.17, 15) is 13.2 Å². The summed E-state index contributed by atoms with van der Waals surface area (Å²) in [5, 5.41) is 15.5. The molecule has 9 heteroatoms. The summed E-state index contributed by atoms with van der Waals surface area (Å²) in [6, 6.07) is 9.90. The largest absolute Gasteiger partial charge is 0.418 e. The molecular weight excluding hydrogens is 381 g/mol. The predicted octanol–water partition coefficient (Wildman–Crippen LogP) is 4.44. The topological polar surface area (TPSA) is 68.0 Å². The summed E-state index contributed by atoms with van der Waals surface area (Å²) < 4.78 is 41.3. The number of hydrogen-bond donors (Lipinski definition) is 1. The van der Waals surface area contributed by atoms with E-state index >= 15 is 0 Å². The Morgan fingerprint density at radius 2 is 1.86 bits per heavy atom. The molecule has 146 valence electrons. The summed E-state index contributed by atoms with van der Waals surface area (Å²) in [6.07, 6.45) is 1.45. The number of halogens is 3. The quantitative estimate of drug-likeness (QED) is 0.555. The van der Waals surface area contributed by atoms with E-state index in [1.807, 2.05) is 6.07 Å². The molecule has 0 saturated carbocycles. The summed E-state index contributed by atoms with van der Waals surface area (Å²) >= 11 is 0. The van der Waals surface area contributed by atoms with Crippen LogP contribution in [0.4, 0.5) is 24.8 Å². The average Bonchev–Trinajstić information content (AvgIpc) is 3.34. The standard InChI is InChI=1S/C20H15F3N6/c21-20(22,23)16-5-2-8-24-18(16)14-10-17-27-28-19(29(17)25-11-14)26-15-7-6-12-3-1-4-13(12)9-15/h2,5-11H,1,3-4H2,(H,26,28). The fraction of sp³-hybridized carbons (Fsp3) is 0.200. The molecule has 1 N–H and O–H groups in total. The molecule has 0 saturated heterocycles. The number of aromatic nitrogens is 5. The Labute approximate surface area is 163 Å². The lowest BCUT2D eigenvalue weighted by Crippen LogP contribution is -2.08. The molecule has 5 rings (SSSR count). The van der Waals surface area contributed by atoms with Crippen LogP contribution in [0.2, 0.25) is 0 Å². The summed E-state index contributed by atoms with van der Waals surface area (Å²) in [4.78, 5) is 3.90. The lowest BCUT2D eigenvalue weighted by Gasteiger charge is -2.11. The number of alkyl halides is 3.